The number of carbonyl (C=O) groups is 3. The van der Waals surface area contributed by atoms with E-state index in [0.29, 0.717) is 30.5 Å². The van der Waals surface area contributed by atoms with E-state index in [1.54, 1.807) is 38.1 Å². The molecule has 2 unspecified atom stereocenters. The molecular weight excluding hydrogens is 548 g/mol. The van der Waals surface area contributed by atoms with Gasteiger partial charge in [0, 0.05) is 19.1 Å². The Hall–Kier alpha value is -3.98. The molecule has 1 fully saturated rings. The Morgan fingerprint density at radius 2 is 1.81 bits per heavy atom. The van der Waals surface area contributed by atoms with Gasteiger partial charge in [-0.15, -0.1) is 0 Å². The van der Waals surface area contributed by atoms with E-state index < -0.39 is 36.7 Å². The maximum absolute atomic E-state index is 12.5. The largest absolute Gasteiger partial charge is 0.394 e. The van der Waals surface area contributed by atoms with E-state index in [4.69, 9.17) is 9.47 Å². The van der Waals surface area contributed by atoms with Crippen molar-refractivity contribution in [2.75, 3.05) is 25.1 Å². The standard InChI is InChI=1S/C28H34N6O8/c1-15(2)23(37)31-28-30-22-19(24(38)32-28)29-14-34(22)27-20(36)21(18(13-35)42-27)41-12-8-4-3-7-11-33-25(39)16-9-5-6-10-17(16)26(33)40/h5-6,9-10,14-15,18,20-21,27,35-36H,3-4,7-8,11-13H2,1-2H3,(H2,30,31,32,37,38)/t18-,20?,21?,27-/m1/s1. The highest BCUT2D eigenvalue weighted by Crippen LogP contribution is 2.33. The van der Waals surface area contributed by atoms with E-state index in [0.717, 1.165) is 12.8 Å². The number of rotatable bonds is 12. The topological polar surface area (TPSA) is 189 Å². The molecule has 2 aromatic heterocycles. The fraction of sp³-hybridized carbons (Fsp3) is 0.500. The molecule has 224 valence electrons. The molecule has 4 heterocycles. The van der Waals surface area contributed by atoms with Crippen molar-refractivity contribution in [3.05, 3.63) is 52.1 Å². The maximum Gasteiger partial charge on any atom is 0.280 e. The molecule has 1 aromatic carbocycles. The fourth-order valence-electron chi connectivity index (χ4n) is 5.12. The summed E-state index contributed by atoms with van der Waals surface area (Å²) in [5.41, 5.74) is 0.403. The van der Waals surface area contributed by atoms with Gasteiger partial charge in [-0.05, 0) is 25.0 Å². The third-order valence-corrected chi connectivity index (χ3v) is 7.43. The second-order valence-electron chi connectivity index (χ2n) is 10.7. The normalized spacial score (nSPS) is 22.0. The number of nitrogens with one attached hydrogen (secondary N) is 2. The minimum Gasteiger partial charge on any atom is -0.394 e. The van der Waals surface area contributed by atoms with Gasteiger partial charge in [-0.1, -0.05) is 38.8 Å². The van der Waals surface area contributed by atoms with Crippen LogP contribution in [0.2, 0.25) is 0 Å². The number of imidazole rings is 1. The number of aliphatic hydroxyl groups excluding tert-OH is 2. The molecule has 14 nitrogen and oxygen atoms in total. The lowest BCUT2D eigenvalue weighted by Gasteiger charge is -2.20. The van der Waals surface area contributed by atoms with Crippen LogP contribution in [0, 0.1) is 5.92 Å². The van der Waals surface area contributed by atoms with E-state index in [9.17, 15) is 29.4 Å². The van der Waals surface area contributed by atoms with Crippen LogP contribution < -0.4 is 10.9 Å². The number of imide groups is 1. The summed E-state index contributed by atoms with van der Waals surface area (Å²) in [7, 11) is 0. The molecular formula is C28H34N6O8. The molecule has 1 saturated heterocycles. The first-order chi connectivity index (χ1) is 20.2. The molecule has 4 atom stereocenters. The van der Waals surface area contributed by atoms with Crippen LogP contribution in [0.4, 0.5) is 5.95 Å². The Labute approximate surface area is 240 Å². The minimum absolute atomic E-state index is 0.000488. The zero-order valence-corrected chi connectivity index (χ0v) is 23.4. The molecule has 3 aromatic rings. The van der Waals surface area contributed by atoms with Gasteiger partial charge in [0.2, 0.25) is 11.9 Å². The van der Waals surface area contributed by atoms with Gasteiger partial charge in [0.15, 0.2) is 17.4 Å². The molecule has 2 aliphatic heterocycles. The Balaban J connectivity index is 1.13. The number of carbonyl (C=O) groups excluding carboxylic acids is 3. The zero-order chi connectivity index (χ0) is 30.0. The summed E-state index contributed by atoms with van der Waals surface area (Å²) >= 11 is 0. The Morgan fingerprint density at radius 3 is 2.48 bits per heavy atom. The predicted molar refractivity (Wildman–Crippen MR) is 149 cm³/mol. The summed E-state index contributed by atoms with van der Waals surface area (Å²) < 4.78 is 13.2. The van der Waals surface area contributed by atoms with Crippen molar-refractivity contribution in [2.45, 2.75) is 64.1 Å². The molecule has 3 amide bonds. The van der Waals surface area contributed by atoms with Gasteiger partial charge < -0.3 is 19.7 Å². The number of H-pyrrole nitrogens is 1. The van der Waals surface area contributed by atoms with Crippen molar-refractivity contribution < 1.29 is 34.1 Å². The molecule has 14 heteroatoms. The van der Waals surface area contributed by atoms with Crippen LogP contribution in [0.25, 0.3) is 11.2 Å². The van der Waals surface area contributed by atoms with Crippen molar-refractivity contribution in [2.24, 2.45) is 5.92 Å². The summed E-state index contributed by atoms with van der Waals surface area (Å²) in [4.78, 5) is 61.7. The van der Waals surface area contributed by atoms with Gasteiger partial charge in [-0.25, -0.2) is 4.98 Å². The summed E-state index contributed by atoms with van der Waals surface area (Å²) in [5.74, 6) is -1.26. The third kappa shape index (κ3) is 5.70. The van der Waals surface area contributed by atoms with E-state index in [1.165, 1.54) is 15.8 Å². The Kier molecular flexibility index (Phi) is 8.77. The number of amides is 3. The molecule has 0 bridgehead atoms. The lowest BCUT2D eigenvalue weighted by Crippen LogP contribution is -2.36. The zero-order valence-electron chi connectivity index (χ0n) is 23.4. The predicted octanol–water partition coefficient (Wildman–Crippen LogP) is 1.21. The van der Waals surface area contributed by atoms with Crippen molar-refractivity contribution >= 4 is 34.8 Å². The smallest absolute Gasteiger partial charge is 0.280 e. The van der Waals surface area contributed by atoms with Crippen LogP contribution in [0.15, 0.2) is 35.4 Å². The van der Waals surface area contributed by atoms with Crippen LogP contribution in [-0.2, 0) is 14.3 Å². The molecule has 4 N–H and O–H groups in total. The molecule has 0 spiro atoms. The molecule has 5 rings (SSSR count). The van der Waals surface area contributed by atoms with Crippen LogP contribution in [-0.4, -0.2) is 90.4 Å². The van der Waals surface area contributed by atoms with Gasteiger partial charge >= 0.3 is 0 Å². The van der Waals surface area contributed by atoms with Crippen molar-refractivity contribution in [3.8, 4) is 0 Å². The quantitative estimate of drug-likeness (QED) is 0.178. The summed E-state index contributed by atoms with van der Waals surface area (Å²) in [6.07, 6.45) is 0.214. The third-order valence-electron chi connectivity index (χ3n) is 7.43. The number of hydrogen-bond donors (Lipinski definition) is 4. The van der Waals surface area contributed by atoms with Gasteiger partial charge in [-0.2, -0.15) is 4.98 Å². The second-order valence-corrected chi connectivity index (χ2v) is 10.7. The van der Waals surface area contributed by atoms with Gasteiger partial charge in [0.05, 0.1) is 24.1 Å². The number of benzene rings is 1. The number of hydrogen-bond acceptors (Lipinski definition) is 10. The second kappa shape index (κ2) is 12.5. The highest BCUT2D eigenvalue weighted by atomic mass is 16.6. The number of aromatic nitrogens is 4. The van der Waals surface area contributed by atoms with Crippen LogP contribution in [0.5, 0.6) is 0 Å². The number of aliphatic hydroxyl groups is 2. The Morgan fingerprint density at radius 1 is 1.12 bits per heavy atom. The van der Waals surface area contributed by atoms with Crippen molar-refractivity contribution in [1.29, 1.82) is 0 Å². The SMILES string of the molecule is CC(C)C(=O)Nc1nc2c(ncn2[C@@H]2O[C@H](CO)C(OCCCCCCN3C(=O)c4ccccc4C3=O)C2O)c(=O)[nH]1. The van der Waals surface area contributed by atoms with Gasteiger partial charge in [0.1, 0.15) is 18.3 Å². The number of ether oxygens (including phenoxy) is 2. The van der Waals surface area contributed by atoms with E-state index in [-0.39, 0.29) is 47.4 Å². The number of fused-ring (bicyclic) bond motifs is 2. The van der Waals surface area contributed by atoms with Crippen molar-refractivity contribution in [3.63, 3.8) is 0 Å². The molecule has 0 aliphatic carbocycles. The summed E-state index contributed by atoms with van der Waals surface area (Å²) in [6, 6.07) is 6.80. The van der Waals surface area contributed by atoms with E-state index in [2.05, 4.69) is 20.3 Å². The average molecular weight is 583 g/mol. The molecule has 0 saturated carbocycles. The molecule has 0 radical (unpaired) electrons. The number of unbranched alkanes of at least 4 members (excludes halogenated alkanes) is 3. The van der Waals surface area contributed by atoms with Crippen LogP contribution >= 0.6 is 0 Å². The molecule has 2 aliphatic rings. The first kappa shape index (κ1) is 29.5. The summed E-state index contributed by atoms with van der Waals surface area (Å²) in [6.45, 7) is 3.62. The highest BCUT2D eigenvalue weighted by Gasteiger charge is 2.46. The minimum atomic E-state index is -1.21. The van der Waals surface area contributed by atoms with Crippen LogP contribution in [0.3, 0.4) is 0 Å². The average Bonchev–Trinajstić information content (AvgIpc) is 3.61. The van der Waals surface area contributed by atoms with Gasteiger partial charge in [0.25, 0.3) is 17.4 Å². The van der Waals surface area contributed by atoms with E-state index in [1.807, 2.05) is 0 Å². The first-order valence-electron chi connectivity index (χ1n) is 14.0. The van der Waals surface area contributed by atoms with Crippen LogP contribution in [0.1, 0.15) is 66.5 Å². The summed E-state index contributed by atoms with van der Waals surface area (Å²) in [5, 5.41) is 23.5. The monoisotopic (exact) mass is 582 g/mol. The highest BCUT2D eigenvalue weighted by molar-refractivity contribution is 6.21. The first-order valence-corrected chi connectivity index (χ1v) is 14.0. The lowest BCUT2D eigenvalue weighted by atomic mass is 10.1. The van der Waals surface area contributed by atoms with Crippen molar-refractivity contribution in [1.82, 2.24) is 24.4 Å². The Bertz CT molecular complexity index is 1500. The van der Waals surface area contributed by atoms with E-state index >= 15 is 0 Å². The number of anilines is 1. The number of nitrogens with zero attached hydrogens (tertiary/aromatic N) is 4. The maximum atomic E-state index is 12.5. The molecule has 42 heavy (non-hydrogen) atoms. The number of aromatic amines is 1. The lowest BCUT2D eigenvalue weighted by molar-refractivity contribution is -0.118. The van der Waals surface area contributed by atoms with Gasteiger partial charge in [-0.3, -0.25) is 38.9 Å². The fourth-order valence-corrected chi connectivity index (χ4v) is 5.12.